The Balaban J connectivity index is 1.46. The smallest absolute Gasteiger partial charge is 0.255 e. The monoisotopic (exact) mass is 400 g/mol. The molecule has 0 bridgehead atoms. The lowest BCUT2D eigenvalue weighted by atomic mass is 9.98. The topological polar surface area (TPSA) is 105 Å². The van der Waals surface area contributed by atoms with E-state index in [-0.39, 0.29) is 36.3 Å². The van der Waals surface area contributed by atoms with Crippen LogP contribution in [0.15, 0.2) is 18.2 Å². The minimum atomic E-state index is -0.578. The van der Waals surface area contributed by atoms with Crippen molar-refractivity contribution in [3.63, 3.8) is 0 Å². The van der Waals surface area contributed by atoms with Crippen molar-refractivity contribution in [3.05, 3.63) is 34.9 Å². The van der Waals surface area contributed by atoms with Gasteiger partial charge in [-0.2, -0.15) is 0 Å². The molecule has 2 fully saturated rings. The van der Waals surface area contributed by atoms with Crippen LogP contribution in [0.3, 0.4) is 0 Å². The van der Waals surface area contributed by atoms with E-state index in [1.165, 1.54) is 0 Å². The highest BCUT2D eigenvalue weighted by Crippen LogP contribution is 2.29. The second-order valence-electron chi connectivity index (χ2n) is 8.13. The van der Waals surface area contributed by atoms with E-state index in [9.17, 15) is 14.4 Å². The summed E-state index contributed by atoms with van der Waals surface area (Å²) in [6.07, 6.45) is 2.82. The molecule has 3 atom stereocenters. The Morgan fingerprint density at radius 2 is 2.07 bits per heavy atom. The largest absolute Gasteiger partial charge is 0.381 e. The summed E-state index contributed by atoms with van der Waals surface area (Å²) in [6.45, 7) is 2.70. The number of piperidine rings is 2. The number of likely N-dealkylation sites (tertiary alicyclic amines) is 1. The second-order valence-corrected chi connectivity index (χ2v) is 8.13. The summed E-state index contributed by atoms with van der Waals surface area (Å²) in [7, 11) is 1.75. The molecule has 0 spiro atoms. The first-order valence-corrected chi connectivity index (χ1v) is 10.2. The van der Waals surface area contributed by atoms with Crippen LogP contribution in [0.5, 0.6) is 0 Å². The normalized spacial score (nSPS) is 27.9. The van der Waals surface area contributed by atoms with E-state index in [1.807, 2.05) is 12.1 Å². The van der Waals surface area contributed by atoms with Crippen molar-refractivity contribution in [2.45, 2.75) is 57.0 Å². The van der Waals surface area contributed by atoms with E-state index in [0.29, 0.717) is 25.1 Å². The zero-order valence-corrected chi connectivity index (χ0v) is 16.7. The Labute approximate surface area is 170 Å². The van der Waals surface area contributed by atoms with E-state index in [2.05, 4.69) is 16.3 Å². The molecule has 8 nitrogen and oxygen atoms in total. The fourth-order valence-electron chi connectivity index (χ4n) is 4.69. The van der Waals surface area contributed by atoms with Gasteiger partial charge in [-0.15, -0.1) is 0 Å². The van der Waals surface area contributed by atoms with E-state index in [4.69, 9.17) is 10.5 Å². The Morgan fingerprint density at radius 3 is 2.79 bits per heavy atom. The summed E-state index contributed by atoms with van der Waals surface area (Å²) >= 11 is 0. The van der Waals surface area contributed by atoms with Crippen LogP contribution in [-0.2, 0) is 27.4 Å². The van der Waals surface area contributed by atoms with Gasteiger partial charge in [-0.25, -0.2) is 0 Å². The van der Waals surface area contributed by atoms with Crippen molar-refractivity contribution in [1.82, 2.24) is 15.1 Å². The number of carbonyl (C=O) groups excluding carboxylic acids is 3. The van der Waals surface area contributed by atoms with Gasteiger partial charge in [0.2, 0.25) is 11.8 Å². The molecule has 1 aromatic carbocycles. The van der Waals surface area contributed by atoms with Gasteiger partial charge in [0, 0.05) is 51.3 Å². The molecule has 3 heterocycles. The Hall–Kier alpha value is -2.29. The molecule has 3 N–H and O–H groups in total. The summed E-state index contributed by atoms with van der Waals surface area (Å²) in [5, 5.41) is 2.34. The lowest BCUT2D eigenvalue weighted by molar-refractivity contribution is -0.136. The Morgan fingerprint density at radius 1 is 1.24 bits per heavy atom. The van der Waals surface area contributed by atoms with Crippen LogP contribution < -0.4 is 11.1 Å². The van der Waals surface area contributed by atoms with Crippen molar-refractivity contribution in [2.75, 3.05) is 20.2 Å². The number of amides is 3. The number of nitrogens with two attached hydrogens (primary N) is 1. The highest BCUT2D eigenvalue weighted by Gasteiger charge is 2.39. The van der Waals surface area contributed by atoms with Crippen molar-refractivity contribution in [2.24, 2.45) is 5.73 Å². The van der Waals surface area contributed by atoms with E-state index in [1.54, 1.807) is 12.0 Å². The molecule has 3 amide bonds. The number of carbonyl (C=O) groups is 3. The van der Waals surface area contributed by atoms with E-state index < -0.39 is 6.04 Å². The minimum Gasteiger partial charge on any atom is -0.381 e. The molecule has 3 aliphatic heterocycles. The van der Waals surface area contributed by atoms with Gasteiger partial charge in [0.1, 0.15) is 6.04 Å². The van der Waals surface area contributed by atoms with Crippen LogP contribution in [0.25, 0.3) is 0 Å². The quantitative estimate of drug-likeness (QED) is 0.693. The zero-order chi connectivity index (χ0) is 20.5. The standard InChI is InChI=1S/C21H28N4O4/c1-29-16-6-7-24(15(9-16)10-22)11-13-2-3-17-14(8-13)12-25(21(17)28)18-4-5-19(26)23-20(18)27/h2-3,8,15-16,18H,4-7,9-12,22H2,1H3,(H,23,26,27)/t15-,16+,18?/m0/s1. The average molecular weight is 400 g/mol. The number of hydrogen-bond acceptors (Lipinski definition) is 6. The maximum absolute atomic E-state index is 12.8. The van der Waals surface area contributed by atoms with Crippen molar-refractivity contribution in [1.29, 1.82) is 0 Å². The molecule has 0 radical (unpaired) electrons. The molecule has 0 saturated carbocycles. The van der Waals surface area contributed by atoms with Gasteiger partial charge in [-0.1, -0.05) is 12.1 Å². The van der Waals surface area contributed by atoms with Gasteiger partial charge in [-0.05, 0) is 36.5 Å². The first kappa shape index (κ1) is 20.0. The van der Waals surface area contributed by atoms with Crippen LogP contribution in [-0.4, -0.2) is 65.9 Å². The van der Waals surface area contributed by atoms with Gasteiger partial charge in [0.05, 0.1) is 6.10 Å². The lowest BCUT2D eigenvalue weighted by Gasteiger charge is -2.38. The molecule has 1 aromatic rings. The molecule has 29 heavy (non-hydrogen) atoms. The molecule has 0 aliphatic carbocycles. The number of nitrogens with one attached hydrogen (secondary N) is 1. The summed E-state index contributed by atoms with van der Waals surface area (Å²) < 4.78 is 5.50. The molecule has 4 rings (SSSR count). The predicted molar refractivity (Wildman–Crippen MR) is 106 cm³/mol. The first-order chi connectivity index (χ1) is 14.0. The van der Waals surface area contributed by atoms with Gasteiger partial charge in [0.25, 0.3) is 5.91 Å². The maximum atomic E-state index is 12.8. The van der Waals surface area contributed by atoms with Gasteiger partial charge in [-0.3, -0.25) is 24.6 Å². The number of fused-ring (bicyclic) bond motifs is 1. The van der Waals surface area contributed by atoms with Crippen molar-refractivity contribution < 1.29 is 19.1 Å². The van der Waals surface area contributed by atoms with Crippen LogP contribution in [0.2, 0.25) is 0 Å². The number of methoxy groups -OCH3 is 1. The molecule has 156 valence electrons. The van der Waals surface area contributed by atoms with E-state index in [0.717, 1.165) is 37.1 Å². The Bertz CT molecular complexity index is 827. The van der Waals surface area contributed by atoms with Crippen molar-refractivity contribution >= 4 is 17.7 Å². The molecule has 2 saturated heterocycles. The zero-order valence-electron chi connectivity index (χ0n) is 16.7. The van der Waals surface area contributed by atoms with Crippen LogP contribution in [0.4, 0.5) is 0 Å². The van der Waals surface area contributed by atoms with Crippen LogP contribution in [0, 0.1) is 0 Å². The SMILES string of the molecule is CO[C@@H]1CCN(Cc2ccc3c(c2)CN(C2CCC(=O)NC2=O)C3=O)[C@H](CN)C1. The van der Waals surface area contributed by atoms with Crippen molar-refractivity contribution in [3.8, 4) is 0 Å². The highest BCUT2D eigenvalue weighted by molar-refractivity contribution is 6.05. The fourth-order valence-corrected chi connectivity index (χ4v) is 4.69. The predicted octanol–water partition coefficient (Wildman–Crippen LogP) is 0.386. The van der Waals surface area contributed by atoms with E-state index >= 15 is 0 Å². The number of rotatable bonds is 5. The molecular formula is C21H28N4O4. The third-order valence-corrected chi connectivity index (χ3v) is 6.37. The summed E-state index contributed by atoms with van der Waals surface area (Å²) in [5.74, 6) is -0.791. The second kappa shape index (κ2) is 8.22. The van der Waals surface area contributed by atoms with Gasteiger partial charge < -0.3 is 15.4 Å². The highest BCUT2D eigenvalue weighted by atomic mass is 16.5. The molecule has 0 aromatic heterocycles. The first-order valence-electron chi connectivity index (χ1n) is 10.2. The third-order valence-electron chi connectivity index (χ3n) is 6.37. The molecule has 3 aliphatic rings. The summed E-state index contributed by atoms with van der Waals surface area (Å²) in [5.41, 5.74) is 8.70. The van der Waals surface area contributed by atoms with Gasteiger partial charge >= 0.3 is 0 Å². The summed E-state index contributed by atoms with van der Waals surface area (Å²) in [4.78, 5) is 40.4. The average Bonchev–Trinajstić information content (AvgIpc) is 3.04. The molecule has 8 heteroatoms. The third kappa shape index (κ3) is 3.92. The van der Waals surface area contributed by atoms with Crippen LogP contribution >= 0.6 is 0 Å². The minimum absolute atomic E-state index is 0.137. The lowest BCUT2D eigenvalue weighted by Crippen LogP contribution is -2.52. The molecular weight excluding hydrogens is 372 g/mol. The maximum Gasteiger partial charge on any atom is 0.255 e. The molecule has 1 unspecified atom stereocenters. The van der Waals surface area contributed by atoms with Gasteiger partial charge in [0.15, 0.2) is 0 Å². The number of hydrogen-bond donors (Lipinski definition) is 2. The van der Waals surface area contributed by atoms with Crippen LogP contribution in [0.1, 0.15) is 47.2 Å². The fraction of sp³-hybridized carbons (Fsp3) is 0.571. The summed E-state index contributed by atoms with van der Waals surface area (Å²) in [6, 6.07) is 5.61. The number of benzene rings is 1. The number of nitrogens with zero attached hydrogens (tertiary/aromatic N) is 2. The Kier molecular flexibility index (Phi) is 5.67. The number of imide groups is 1. The number of ether oxygens (including phenoxy) is 1.